The molecule has 2 amide bonds. The van der Waals surface area contributed by atoms with Gasteiger partial charge in [0.15, 0.2) is 0 Å². The summed E-state index contributed by atoms with van der Waals surface area (Å²) < 4.78 is 1.42. The second-order valence-corrected chi connectivity index (χ2v) is 6.41. The molecule has 2 aromatic rings. The molecule has 3 rings (SSSR count). The van der Waals surface area contributed by atoms with Crippen molar-refractivity contribution in [1.82, 2.24) is 15.2 Å². The number of rotatable bonds is 6. The Hall–Kier alpha value is -2.60. The highest BCUT2D eigenvalue weighted by molar-refractivity contribution is 6.31. The third kappa shape index (κ3) is 4.70. The Morgan fingerprint density at radius 1 is 1.16 bits per heavy atom. The standard InChI is InChI=1S/C18H18ClN3O3/c19-15-4-2-1-3-12(15)10-22-11-13(5-8-17(22)24)18(25)20-9-16(23)21-14-6-7-14/h1-5,8,11,14H,6-7,9-10H2,(H,20,25)(H,21,23). The predicted molar refractivity (Wildman–Crippen MR) is 94.8 cm³/mol. The number of nitrogens with one attached hydrogen (secondary N) is 2. The molecule has 1 aliphatic carbocycles. The normalized spacial score (nSPS) is 13.3. The van der Waals surface area contributed by atoms with Crippen LogP contribution in [-0.4, -0.2) is 29.0 Å². The van der Waals surface area contributed by atoms with Gasteiger partial charge in [-0.3, -0.25) is 14.4 Å². The minimum atomic E-state index is -0.404. The summed E-state index contributed by atoms with van der Waals surface area (Å²) in [6, 6.07) is 10.2. The van der Waals surface area contributed by atoms with E-state index in [0.29, 0.717) is 10.6 Å². The third-order valence-electron chi connectivity index (χ3n) is 3.90. The largest absolute Gasteiger partial charge is 0.352 e. The first kappa shape index (κ1) is 17.2. The molecular weight excluding hydrogens is 342 g/mol. The number of carbonyl (C=O) groups excluding carboxylic acids is 2. The van der Waals surface area contributed by atoms with Gasteiger partial charge in [-0.2, -0.15) is 0 Å². The molecule has 2 N–H and O–H groups in total. The van der Waals surface area contributed by atoms with Crippen molar-refractivity contribution in [1.29, 1.82) is 0 Å². The SMILES string of the molecule is O=C(CNC(=O)c1ccc(=O)n(Cc2ccccc2Cl)c1)NC1CC1. The number of carbonyl (C=O) groups is 2. The van der Waals surface area contributed by atoms with Gasteiger partial charge in [0.1, 0.15) is 0 Å². The molecule has 1 aromatic carbocycles. The smallest absolute Gasteiger partial charge is 0.253 e. The maximum Gasteiger partial charge on any atom is 0.253 e. The quantitative estimate of drug-likeness (QED) is 0.821. The lowest BCUT2D eigenvalue weighted by atomic mass is 10.2. The molecule has 1 aromatic heterocycles. The first-order chi connectivity index (χ1) is 12.0. The van der Waals surface area contributed by atoms with Crippen molar-refractivity contribution in [3.8, 4) is 0 Å². The van der Waals surface area contributed by atoms with Crippen molar-refractivity contribution >= 4 is 23.4 Å². The molecule has 1 aliphatic rings. The number of halogens is 1. The maximum atomic E-state index is 12.2. The summed E-state index contributed by atoms with van der Waals surface area (Å²) in [6.07, 6.45) is 3.46. The van der Waals surface area contributed by atoms with Crippen LogP contribution in [0.15, 0.2) is 47.4 Å². The highest BCUT2D eigenvalue weighted by Crippen LogP contribution is 2.18. The van der Waals surface area contributed by atoms with Crippen LogP contribution in [0.5, 0.6) is 0 Å². The van der Waals surface area contributed by atoms with Gasteiger partial charge >= 0.3 is 0 Å². The summed E-state index contributed by atoms with van der Waals surface area (Å²) in [4.78, 5) is 35.9. The summed E-state index contributed by atoms with van der Waals surface area (Å²) in [7, 11) is 0. The van der Waals surface area contributed by atoms with E-state index >= 15 is 0 Å². The molecule has 0 unspecified atom stereocenters. The molecular formula is C18H18ClN3O3. The number of pyridine rings is 1. The zero-order chi connectivity index (χ0) is 17.8. The molecule has 25 heavy (non-hydrogen) atoms. The van der Waals surface area contributed by atoms with Crippen molar-refractivity contribution in [2.45, 2.75) is 25.4 Å². The molecule has 0 radical (unpaired) electrons. The predicted octanol–water partition coefficient (Wildman–Crippen LogP) is 1.56. The summed E-state index contributed by atoms with van der Waals surface area (Å²) in [5.41, 5.74) is 0.862. The van der Waals surface area contributed by atoms with E-state index in [1.54, 1.807) is 6.07 Å². The van der Waals surface area contributed by atoms with Crippen LogP contribution in [-0.2, 0) is 11.3 Å². The van der Waals surface area contributed by atoms with Gasteiger partial charge in [-0.15, -0.1) is 0 Å². The molecule has 130 valence electrons. The molecule has 0 spiro atoms. The van der Waals surface area contributed by atoms with Gasteiger partial charge < -0.3 is 15.2 Å². The second kappa shape index (κ2) is 7.53. The average Bonchev–Trinajstić information content (AvgIpc) is 3.40. The molecule has 1 saturated carbocycles. The molecule has 1 fully saturated rings. The van der Waals surface area contributed by atoms with Gasteiger partial charge in [0, 0.05) is 23.3 Å². The van der Waals surface area contributed by atoms with Crippen LogP contribution in [0.3, 0.4) is 0 Å². The monoisotopic (exact) mass is 359 g/mol. The van der Waals surface area contributed by atoms with Gasteiger partial charge in [0.2, 0.25) is 5.91 Å². The van der Waals surface area contributed by atoms with Gasteiger partial charge in [0.25, 0.3) is 11.5 Å². The molecule has 0 aliphatic heterocycles. The fraction of sp³-hybridized carbons (Fsp3) is 0.278. The topological polar surface area (TPSA) is 80.2 Å². The van der Waals surface area contributed by atoms with E-state index in [2.05, 4.69) is 10.6 Å². The van der Waals surface area contributed by atoms with Crippen molar-refractivity contribution in [2.75, 3.05) is 6.54 Å². The lowest BCUT2D eigenvalue weighted by Crippen LogP contribution is -2.38. The summed E-state index contributed by atoms with van der Waals surface area (Å²) in [6.45, 7) is 0.181. The molecule has 0 atom stereocenters. The highest BCUT2D eigenvalue weighted by Gasteiger charge is 2.23. The van der Waals surface area contributed by atoms with E-state index in [1.807, 2.05) is 18.2 Å². The van der Waals surface area contributed by atoms with E-state index in [4.69, 9.17) is 11.6 Å². The van der Waals surface area contributed by atoms with Crippen molar-refractivity contribution < 1.29 is 9.59 Å². The first-order valence-electron chi connectivity index (χ1n) is 8.04. The summed E-state index contributed by atoms with van der Waals surface area (Å²) in [5.74, 6) is -0.612. The van der Waals surface area contributed by atoms with Crippen molar-refractivity contribution in [3.63, 3.8) is 0 Å². The second-order valence-electron chi connectivity index (χ2n) is 6.00. The van der Waals surface area contributed by atoms with Crippen molar-refractivity contribution in [2.24, 2.45) is 0 Å². The zero-order valence-electron chi connectivity index (χ0n) is 13.5. The van der Waals surface area contributed by atoms with Crippen LogP contribution in [0.2, 0.25) is 5.02 Å². The Labute approximate surface area is 149 Å². The van der Waals surface area contributed by atoms with E-state index in [0.717, 1.165) is 18.4 Å². The van der Waals surface area contributed by atoms with Crippen LogP contribution in [0.25, 0.3) is 0 Å². The molecule has 0 bridgehead atoms. The van der Waals surface area contributed by atoms with Crippen LogP contribution < -0.4 is 16.2 Å². The lowest BCUT2D eigenvalue weighted by Gasteiger charge is -2.10. The highest BCUT2D eigenvalue weighted by atomic mass is 35.5. The first-order valence-corrected chi connectivity index (χ1v) is 8.42. The van der Waals surface area contributed by atoms with E-state index in [-0.39, 0.29) is 30.6 Å². The van der Waals surface area contributed by atoms with Crippen LogP contribution in [0, 0.1) is 0 Å². The van der Waals surface area contributed by atoms with Gasteiger partial charge in [-0.1, -0.05) is 29.8 Å². The number of amides is 2. The number of hydrogen-bond donors (Lipinski definition) is 2. The molecule has 0 saturated heterocycles. The fourth-order valence-electron chi connectivity index (χ4n) is 2.37. The van der Waals surface area contributed by atoms with E-state index in [1.165, 1.54) is 22.9 Å². The van der Waals surface area contributed by atoms with Gasteiger partial charge in [-0.25, -0.2) is 0 Å². The number of aromatic nitrogens is 1. The molecule has 6 nitrogen and oxygen atoms in total. The van der Waals surface area contributed by atoms with Gasteiger partial charge in [0.05, 0.1) is 18.7 Å². The minimum Gasteiger partial charge on any atom is -0.352 e. The number of nitrogens with zero attached hydrogens (tertiary/aromatic N) is 1. The lowest BCUT2D eigenvalue weighted by molar-refractivity contribution is -0.120. The number of benzene rings is 1. The molecule has 1 heterocycles. The Morgan fingerprint density at radius 2 is 1.92 bits per heavy atom. The van der Waals surface area contributed by atoms with Crippen LogP contribution >= 0.6 is 11.6 Å². The van der Waals surface area contributed by atoms with Crippen LogP contribution in [0.4, 0.5) is 0 Å². The average molecular weight is 360 g/mol. The van der Waals surface area contributed by atoms with Crippen LogP contribution in [0.1, 0.15) is 28.8 Å². The Balaban J connectivity index is 1.67. The number of hydrogen-bond acceptors (Lipinski definition) is 3. The van der Waals surface area contributed by atoms with E-state index < -0.39 is 5.91 Å². The minimum absolute atomic E-state index is 0.0844. The van der Waals surface area contributed by atoms with E-state index in [9.17, 15) is 14.4 Å². The Bertz CT molecular complexity index is 859. The summed E-state index contributed by atoms with van der Waals surface area (Å²) in [5, 5.41) is 5.91. The van der Waals surface area contributed by atoms with Crippen molar-refractivity contribution in [3.05, 3.63) is 69.1 Å². The fourth-order valence-corrected chi connectivity index (χ4v) is 2.56. The Morgan fingerprint density at radius 3 is 2.64 bits per heavy atom. The summed E-state index contributed by atoms with van der Waals surface area (Å²) >= 11 is 6.12. The molecule has 7 heteroatoms. The Kier molecular flexibility index (Phi) is 5.19. The zero-order valence-corrected chi connectivity index (χ0v) is 14.3. The third-order valence-corrected chi connectivity index (χ3v) is 4.26. The maximum absolute atomic E-state index is 12.2. The van der Waals surface area contributed by atoms with Gasteiger partial charge in [-0.05, 0) is 30.5 Å².